The summed E-state index contributed by atoms with van der Waals surface area (Å²) in [6.45, 7) is 0.361. The summed E-state index contributed by atoms with van der Waals surface area (Å²) in [6, 6.07) is 16.7. The van der Waals surface area contributed by atoms with E-state index in [1.165, 1.54) is 12.1 Å². The Hall–Kier alpha value is -2.34. The number of carbonyl (C=O) groups is 1. The predicted molar refractivity (Wildman–Crippen MR) is 80.3 cm³/mol. The minimum Gasteiger partial charge on any atom is -0.337 e. The molecule has 2 aromatic carbocycles. The number of sulfonamides is 1. The van der Waals surface area contributed by atoms with E-state index in [4.69, 9.17) is 0 Å². The molecule has 2 N–H and O–H groups in total. The molecule has 0 atom stereocenters. The number of urea groups is 1. The van der Waals surface area contributed by atoms with Gasteiger partial charge in [0.1, 0.15) is 0 Å². The van der Waals surface area contributed by atoms with E-state index in [1.54, 1.807) is 18.2 Å². The van der Waals surface area contributed by atoms with Gasteiger partial charge in [-0.15, -0.1) is 0 Å². The normalized spacial score (nSPS) is 10.9. The van der Waals surface area contributed by atoms with E-state index in [2.05, 4.69) is 5.32 Å². The second kappa shape index (κ2) is 6.90. The third-order valence-corrected chi connectivity index (χ3v) is 4.17. The molecule has 0 aromatic heterocycles. The van der Waals surface area contributed by atoms with Gasteiger partial charge in [-0.1, -0.05) is 48.5 Å². The molecule has 0 aliphatic carbocycles. The van der Waals surface area contributed by atoms with Crippen molar-refractivity contribution < 1.29 is 13.2 Å². The van der Waals surface area contributed by atoms with Crippen molar-refractivity contribution in [1.29, 1.82) is 0 Å². The van der Waals surface area contributed by atoms with Crippen LogP contribution in [-0.2, 0) is 16.4 Å². The quantitative estimate of drug-likeness (QED) is 0.886. The topological polar surface area (TPSA) is 75.3 Å². The Bertz CT molecular complexity index is 685. The SMILES string of the molecule is O=C(NCCc1ccccc1)NS(=O)(=O)c1ccccc1. The number of hydrogen-bond acceptors (Lipinski definition) is 3. The fourth-order valence-corrected chi connectivity index (χ4v) is 2.73. The molecular weight excluding hydrogens is 288 g/mol. The first-order valence-corrected chi connectivity index (χ1v) is 7.96. The third kappa shape index (κ3) is 4.61. The van der Waals surface area contributed by atoms with Crippen molar-refractivity contribution in [2.24, 2.45) is 0 Å². The van der Waals surface area contributed by atoms with E-state index in [9.17, 15) is 13.2 Å². The second-order valence-electron chi connectivity index (χ2n) is 4.41. The van der Waals surface area contributed by atoms with Crippen LogP contribution in [-0.4, -0.2) is 21.0 Å². The van der Waals surface area contributed by atoms with Crippen molar-refractivity contribution in [2.45, 2.75) is 11.3 Å². The molecular formula is C15H16N2O3S. The van der Waals surface area contributed by atoms with Gasteiger partial charge in [-0.3, -0.25) is 0 Å². The first kappa shape index (κ1) is 15.1. The van der Waals surface area contributed by atoms with Crippen molar-refractivity contribution >= 4 is 16.1 Å². The third-order valence-electron chi connectivity index (χ3n) is 2.82. The lowest BCUT2D eigenvalue weighted by Gasteiger charge is -2.08. The first-order chi connectivity index (χ1) is 10.1. The molecule has 0 radical (unpaired) electrons. The van der Waals surface area contributed by atoms with E-state index in [-0.39, 0.29) is 4.90 Å². The number of rotatable bonds is 5. The molecule has 0 saturated heterocycles. The maximum atomic E-state index is 11.9. The Kier molecular flexibility index (Phi) is 4.94. The van der Waals surface area contributed by atoms with Crippen molar-refractivity contribution in [2.75, 3.05) is 6.54 Å². The van der Waals surface area contributed by atoms with Crippen LogP contribution in [0.4, 0.5) is 4.79 Å². The molecule has 0 spiro atoms. The molecule has 21 heavy (non-hydrogen) atoms. The summed E-state index contributed by atoms with van der Waals surface area (Å²) in [6.07, 6.45) is 0.639. The number of nitrogens with one attached hydrogen (secondary N) is 2. The van der Waals surface area contributed by atoms with E-state index in [0.717, 1.165) is 5.56 Å². The fraction of sp³-hybridized carbons (Fsp3) is 0.133. The maximum absolute atomic E-state index is 11.9. The largest absolute Gasteiger partial charge is 0.337 e. The Balaban J connectivity index is 1.85. The molecule has 110 valence electrons. The molecule has 0 fully saturated rings. The molecule has 0 heterocycles. The lowest BCUT2D eigenvalue weighted by molar-refractivity contribution is 0.246. The average Bonchev–Trinajstić information content (AvgIpc) is 2.49. The van der Waals surface area contributed by atoms with E-state index < -0.39 is 16.1 Å². The van der Waals surface area contributed by atoms with Gasteiger partial charge in [0, 0.05) is 6.54 Å². The van der Waals surface area contributed by atoms with Gasteiger partial charge in [-0.2, -0.15) is 0 Å². The van der Waals surface area contributed by atoms with Crippen LogP contribution in [0.5, 0.6) is 0 Å². The summed E-state index contributed by atoms with van der Waals surface area (Å²) in [5, 5.41) is 2.53. The Labute approximate surface area is 124 Å². The minimum absolute atomic E-state index is 0.0585. The average molecular weight is 304 g/mol. The first-order valence-electron chi connectivity index (χ1n) is 6.47. The van der Waals surface area contributed by atoms with Gasteiger partial charge >= 0.3 is 6.03 Å². The van der Waals surface area contributed by atoms with Crippen molar-refractivity contribution in [1.82, 2.24) is 10.0 Å². The highest BCUT2D eigenvalue weighted by Crippen LogP contribution is 2.06. The predicted octanol–water partition coefficient (Wildman–Crippen LogP) is 1.92. The second-order valence-corrected chi connectivity index (χ2v) is 6.09. The fourth-order valence-electron chi connectivity index (χ4n) is 1.78. The van der Waals surface area contributed by atoms with Crippen LogP contribution in [0.1, 0.15) is 5.56 Å². The molecule has 2 rings (SSSR count). The standard InChI is InChI=1S/C15H16N2O3S/c18-15(16-12-11-13-7-3-1-4-8-13)17-21(19,20)14-9-5-2-6-10-14/h1-10H,11-12H2,(H2,16,17,18). The van der Waals surface area contributed by atoms with Gasteiger partial charge in [0.2, 0.25) is 0 Å². The Morgan fingerprint density at radius 2 is 1.48 bits per heavy atom. The van der Waals surface area contributed by atoms with E-state index in [0.29, 0.717) is 13.0 Å². The van der Waals surface area contributed by atoms with Gasteiger partial charge in [0.15, 0.2) is 0 Å². The monoisotopic (exact) mass is 304 g/mol. The minimum atomic E-state index is -3.82. The summed E-state index contributed by atoms with van der Waals surface area (Å²) in [7, 11) is -3.82. The highest BCUT2D eigenvalue weighted by atomic mass is 32.2. The lowest BCUT2D eigenvalue weighted by atomic mass is 10.1. The van der Waals surface area contributed by atoms with Crippen LogP contribution in [0.2, 0.25) is 0 Å². The van der Waals surface area contributed by atoms with Crippen molar-refractivity contribution in [3.05, 3.63) is 66.2 Å². The Morgan fingerprint density at radius 3 is 2.10 bits per heavy atom. The summed E-state index contributed by atoms with van der Waals surface area (Å²) in [4.78, 5) is 11.7. The Morgan fingerprint density at radius 1 is 0.905 bits per heavy atom. The molecule has 2 amide bonds. The molecule has 0 saturated carbocycles. The summed E-state index contributed by atoms with van der Waals surface area (Å²) in [5.41, 5.74) is 1.07. The molecule has 0 bridgehead atoms. The molecule has 0 unspecified atom stereocenters. The maximum Gasteiger partial charge on any atom is 0.328 e. The summed E-state index contributed by atoms with van der Waals surface area (Å²) < 4.78 is 25.8. The summed E-state index contributed by atoms with van der Waals surface area (Å²) >= 11 is 0. The summed E-state index contributed by atoms with van der Waals surface area (Å²) in [5.74, 6) is 0. The molecule has 5 nitrogen and oxygen atoms in total. The van der Waals surface area contributed by atoms with Crippen molar-refractivity contribution in [3.63, 3.8) is 0 Å². The van der Waals surface area contributed by atoms with Crippen LogP contribution in [0, 0.1) is 0 Å². The zero-order chi connectivity index (χ0) is 15.1. The van der Waals surface area contributed by atoms with E-state index in [1.807, 2.05) is 35.1 Å². The molecule has 2 aromatic rings. The zero-order valence-corrected chi connectivity index (χ0v) is 12.1. The number of amides is 2. The van der Waals surface area contributed by atoms with Gasteiger partial charge in [-0.05, 0) is 24.1 Å². The number of benzene rings is 2. The van der Waals surface area contributed by atoms with Crippen LogP contribution < -0.4 is 10.0 Å². The molecule has 0 aliphatic rings. The van der Waals surface area contributed by atoms with Crippen molar-refractivity contribution in [3.8, 4) is 0 Å². The van der Waals surface area contributed by atoms with Gasteiger partial charge in [0.05, 0.1) is 4.90 Å². The van der Waals surface area contributed by atoms with E-state index >= 15 is 0 Å². The highest BCUT2D eigenvalue weighted by molar-refractivity contribution is 7.90. The van der Waals surface area contributed by atoms with Crippen LogP contribution in [0.25, 0.3) is 0 Å². The number of carbonyl (C=O) groups excluding carboxylic acids is 1. The zero-order valence-electron chi connectivity index (χ0n) is 11.3. The van der Waals surface area contributed by atoms with Crippen LogP contribution >= 0.6 is 0 Å². The van der Waals surface area contributed by atoms with Crippen LogP contribution in [0.3, 0.4) is 0 Å². The number of hydrogen-bond donors (Lipinski definition) is 2. The highest BCUT2D eigenvalue weighted by Gasteiger charge is 2.16. The van der Waals surface area contributed by atoms with Gasteiger partial charge in [-0.25, -0.2) is 17.9 Å². The molecule has 0 aliphatic heterocycles. The smallest absolute Gasteiger partial charge is 0.328 e. The van der Waals surface area contributed by atoms with Gasteiger partial charge < -0.3 is 5.32 Å². The molecule has 6 heteroatoms. The van der Waals surface area contributed by atoms with Gasteiger partial charge in [0.25, 0.3) is 10.0 Å². The lowest BCUT2D eigenvalue weighted by Crippen LogP contribution is -2.40. The van der Waals surface area contributed by atoms with Crippen LogP contribution in [0.15, 0.2) is 65.6 Å².